The molecule has 0 radical (unpaired) electrons. The number of aryl methyl sites for hydroxylation is 2. The Bertz CT molecular complexity index is 721. The highest BCUT2D eigenvalue weighted by molar-refractivity contribution is 5.86. The van der Waals surface area contributed by atoms with Crippen molar-refractivity contribution in [2.24, 2.45) is 5.10 Å². The Morgan fingerprint density at radius 2 is 1.91 bits per heavy atom. The van der Waals surface area contributed by atoms with Gasteiger partial charge >= 0.3 is 0 Å². The van der Waals surface area contributed by atoms with Crippen LogP contribution in [0.3, 0.4) is 0 Å². The molecule has 0 spiro atoms. The van der Waals surface area contributed by atoms with Gasteiger partial charge in [0.05, 0.1) is 6.21 Å². The number of nitrogens with zero attached hydrogens (tertiary/aromatic N) is 1. The van der Waals surface area contributed by atoms with E-state index in [0.717, 1.165) is 11.1 Å². The SMILES string of the molecule is Cc1cc(C)cc(OCC(=O)N/N=C/c2cccc(O)c2O)c1. The summed E-state index contributed by atoms with van der Waals surface area (Å²) in [7, 11) is 0. The number of phenols is 2. The third-order valence-electron chi connectivity index (χ3n) is 3.00. The standard InChI is InChI=1S/C17H18N2O4/c1-11-6-12(2)8-14(7-11)23-10-16(21)19-18-9-13-4-3-5-15(20)17(13)22/h3-9,20,22H,10H2,1-2H3,(H,19,21)/b18-9+. The summed E-state index contributed by atoms with van der Waals surface area (Å²) in [6.07, 6.45) is 1.24. The lowest BCUT2D eigenvalue weighted by Gasteiger charge is -2.07. The molecule has 6 nitrogen and oxygen atoms in total. The molecular formula is C17H18N2O4. The number of rotatable bonds is 5. The molecule has 0 saturated heterocycles. The minimum Gasteiger partial charge on any atom is -0.504 e. The van der Waals surface area contributed by atoms with Gasteiger partial charge in [-0.15, -0.1) is 0 Å². The molecular weight excluding hydrogens is 296 g/mol. The largest absolute Gasteiger partial charge is 0.504 e. The zero-order chi connectivity index (χ0) is 16.8. The van der Waals surface area contributed by atoms with Crippen molar-refractivity contribution in [3.05, 3.63) is 53.1 Å². The summed E-state index contributed by atoms with van der Waals surface area (Å²) in [5.41, 5.74) is 4.69. The number of phenolic OH excluding ortho intramolecular Hbond substituents is 2. The fourth-order valence-electron chi connectivity index (χ4n) is 2.02. The van der Waals surface area contributed by atoms with Crippen molar-refractivity contribution in [2.45, 2.75) is 13.8 Å². The highest BCUT2D eigenvalue weighted by Gasteiger charge is 2.04. The summed E-state index contributed by atoms with van der Waals surface area (Å²) >= 11 is 0. The Balaban J connectivity index is 1.87. The van der Waals surface area contributed by atoms with E-state index < -0.39 is 5.91 Å². The van der Waals surface area contributed by atoms with Gasteiger partial charge in [-0.25, -0.2) is 5.43 Å². The maximum absolute atomic E-state index is 11.7. The molecule has 0 unspecified atom stereocenters. The molecule has 1 amide bonds. The molecule has 0 fully saturated rings. The highest BCUT2D eigenvalue weighted by Crippen LogP contribution is 2.26. The van der Waals surface area contributed by atoms with Crippen LogP contribution in [0.2, 0.25) is 0 Å². The van der Waals surface area contributed by atoms with E-state index in [1.54, 1.807) is 12.1 Å². The molecule has 2 rings (SSSR count). The Labute approximate surface area is 134 Å². The van der Waals surface area contributed by atoms with E-state index in [4.69, 9.17) is 4.74 Å². The summed E-state index contributed by atoms with van der Waals surface area (Å²) in [6, 6.07) is 10.2. The maximum atomic E-state index is 11.7. The first kappa shape index (κ1) is 16.4. The molecule has 0 atom stereocenters. The Morgan fingerprint density at radius 1 is 1.22 bits per heavy atom. The molecule has 0 saturated carbocycles. The molecule has 6 heteroatoms. The molecule has 2 aromatic carbocycles. The van der Waals surface area contributed by atoms with E-state index in [1.165, 1.54) is 12.3 Å². The molecule has 23 heavy (non-hydrogen) atoms. The van der Waals surface area contributed by atoms with Gasteiger partial charge < -0.3 is 14.9 Å². The van der Waals surface area contributed by atoms with Gasteiger partial charge in [-0.05, 0) is 49.2 Å². The minimum absolute atomic E-state index is 0.174. The van der Waals surface area contributed by atoms with E-state index in [9.17, 15) is 15.0 Å². The first-order chi connectivity index (χ1) is 11.0. The summed E-state index contributed by atoms with van der Waals surface area (Å²) in [5.74, 6) is -0.359. The van der Waals surface area contributed by atoms with Crippen LogP contribution in [-0.2, 0) is 4.79 Å². The summed E-state index contributed by atoms with van der Waals surface area (Å²) in [4.78, 5) is 11.7. The maximum Gasteiger partial charge on any atom is 0.277 e. The molecule has 3 N–H and O–H groups in total. The molecule has 0 aliphatic carbocycles. The van der Waals surface area contributed by atoms with Crippen molar-refractivity contribution in [1.29, 1.82) is 0 Å². The van der Waals surface area contributed by atoms with Crippen molar-refractivity contribution in [3.8, 4) is 17.2 Å². The number of ether oxygens (including phenoxy) is 1. The Hall–Kier alpha value is -3.02. The van der Waals surface area contributed by atoms with Crippen LogP contribution in [0.4, 0.5) is 0 Å². The lowest BCUT2D eigenvalue weighted by molar-refractivity contribution is -0.123. The number of para-hydroxylation sites is 1. The van der Waals surface area contributed by atoms with Gasteiger partial charge in [0.1, 0.15) is 5.75 Å². The van der Waals surface area contributed by atoms with Crippen LogP contribution in [0, 0.1) is 13.8 Å². The minimum atomic E-state index is -0.431. The van der Waals surface area contributed by atoms with E-state index in [2.05, 4.69) is 10.5 Å². The topological polar surface area (TPSA) is 91.2 Å². The number of carbonyl (C=O) groups is 1. The number of carbonyl (C=O) groups excluding carboxylic acids is 1. The molecule has 0 heterocycles. The molecule has 0 bridgehead atoms. The van der Waals surface area contributed by atoms with Gasteiger partial charge in [0.15, 0.2) is 18.1 Å². The molecule has 0 aliphatic heterocycles. The van der Waals surface area contributed by atoms with Crippen molar-refractivity contribution < 1.29 is 19.7 Å². The highest BCUT2D eigenvalue weighted by atomic mass is 16.5. The fraction of sp³-hybridized carbons (Fsp3) is 0.176. The summed E-state index contributed by atoms with van der Waals surface area (Å²) < 4.78 is 5.40. The third-order valence-corrected chi connectivity index (χ3v) is 3.00. The number of hydrogen-bond acceptors (Lipinski definition) is 5. The zero-order valence-corrected chi connectivity index (χ0v) is 12.9. The first-order valence-corrected chi connectivity index (χ1v) is 6.99. The molecule has 2 aromatic rings. The Morgan fingerprint density at radius 3 is 2.61 bits per heavy atom. The number of amides is 1. The van der Waals surface area contributed by atoms with Gasteiger partial charge in [0.25, 0.3) is 5.91 Å². The number of nitrogens with one attached hydrogen (secondary N) is 1. The monoisotopic (exact) mass is 314 g/mol. The van der Waals surface area contributed by atoms with Crippen molar-refractivity contribution in [3.63, 3.8) is 0 Å². The second kappa shape index (κ2) is 7.31. The average Bonchev–Trinajstić information content (AvgIpc) is 2.48. The van der Waals surface area contributed by atoms with Crippen LogP contribution < -0.4 is 10.2 Å². The van der Waals surface area contributed by atoms with Gasteiger partial charge in [-0.2, -0.15) is 5.10 Å². The fourth-order valence-corrected chi connectivity index (χ4v) is 2.02. The Kier molecular flexibility index (Phi) is 5.19. The van der Waals surface area contributed by atoms with Gasteiger partial charge in [-0.1, -0.05) is 12.1 Å². The van der Waals surface area contributed by atoms with Crippen LogP contribution in [-0.4, -0.2) is 28.9 Å². The van der Waals surface area contributed by atoms with Gasteiger partial charge in [0.2, 0.25) is 0 Å². The second-order valence-corrected chi connectivity index (χ2v) is 5.12. The van der Waals surface area contributed by atoms with Crippen LogP contribution >= 0.6 is 0 Å². The molecule has 0 aliphatic rings. The first-order valence-electron chi connectivity index (χ1n) is 6.99. The number of hydrogen-bond donors (Lipinski definition) is 3. The summed E-state index contributed by atoms with van der Waals surface area (Å²) in [6.45, 7) is 3.73. The number of benzene rings is 2. The number of hydrazone groups is 1. The summed E-state index contributed by atoms with van der Waals surface area (Å²) in [5, 5.41) is 22.6. The van der Waals surface area contributed by atoms with Gasteiger partial charge in [-0.3, -0.25) is 4.79 Å². The van der Waals surface area contributed by atoms with Crippen LogP contribution in [0.15, 0.2) is 41.5 Å². The lowest BCUT2D eigenvalue weighted by Crippen LogP contribution is -2.24. The third kappa shape index (κ3) is 4.74. The predicted molar refractivity (Wildman–Crippen MR) is 86.9 cm³/mol. The average molecular weight is 314 g/mol. The van der Waals surface area contributed by atoms with E-state index in [1.807, 2.05) is 32.0 Å². The lowest BCUT2D eigenvalue weighted by atomic mass is 10.1. The van der Waals surface area contributed by atoms with Crippen LogP contribution in [0.1, 0.15) is 16.7 Å². The normalized spacial score (nSPS) is 10.7. The van der Waals surface area contributed by atoms with E-state index in [0.29, 0.717) is 11.3 Å². The van der Waals surface area contributed by atoms with Crippen LogP contribution in [0.5, 0.6) is 17.2 Å². The van der Waals surface area contributed by atoms with E-state index in [-0.39, 0.29) is 18.1 Å². The number of aromatic hydroxyl groups is 2. The van der Waals surface area contributed by atoms with Crippen molar-refractivity contribution in [1.82, 2.24) is 5.43 Å². The van der Waals surface area contributed by atoms with Crippen molar-refractivity contribution in [2.75, 3.05) is 6.61 Å². The second-order valence-electron chi connectivity index (χ2n) is 5.12. The van der Waals surface area contributed by atoms with Crippen molar-refractivity contribution >= 4 is 12.1 Å². The van der Waals surface area contributed by atoms with Crippen LogP contribution in [0.25, 0.3) is 0 Å². The smallest absolute Gasteiger partial charge is 0.277 e. The quantitative estimate of drug-likeness (QED) is 0.448. The molecule has 120 valence electrons. The van der Waals surface area contributed by atoms with E-state index >= 15 is 0 Å². The van der Waals surface area contributed by atoms with Gasteiger partial charge in [0, 0.05) is 5.56 Å². The predicted octanol–water partition coefficient (Wildman–Crippen LogP) is 2.24. The zero-order valence-electron chi connectivity index (χ0n) is 12.9. The molecule has 0 aromatic heterocycles.